The highest BCUT2D eigenvalue weighted by molar-refractivity contribution is 5.90. The van der Waals surface area contributed by atoms with E-state index >= 15 is 0 Å². The van der Waals surface area contributed by atoms with Crippen molar-refractivity contribution in [2.75, 3.05) is 113 Å². The van der Waals surface area contributed by atoms with Crippen LogP contribution in [0.4, 0.5) is 0 Å². The van der Waals surface area contributed by atoms with Gasteiger partial charge in [-0.3, -0.25) is 38.4 Å². The standard InChI is InChI=1S/C57H103N9O26/c1-33(70)62-44-50(79)47(76)38(30-67)90-55(44)87-27-24-84-21-18-59-41(73)15-13-36(53(82)60-19-22-85-25-28-88-56-45(63-34(2)71)51(80)48(77)39(31-68)91-56)66-43(75)16-14-37(65-42(74)12-10-8-6-5-7-9-11-17-58-4)54(83)61-20-23-86-26-29-89-57-46(64-35(3)72)52(81)49(78)40(32-69)92-57/h36-40,44-52,55-58,67-69,76-81H,5-32H2,1-4H3,(H,59,73)(H,60,82)(H,61,83)(H,62,70)(H,63,71)(H,64,72)(H,65,74)(H,66,75)/t36?,37?,38?,39?,40-,44?,45?,46?,47?,48?,49?,50?,51?,52?,55?,56?,57?/m1/s1. The molecule has 8 amide bonds. The second-order valence-electron chi connectivity index (χ2n) is 22.3. The molecular weight excluding hydrogens is 1230 g/mol. The van der Waals surface area contributed by atoms with Gasteiger partial charge in [-0.15, -0.1) is 0 Å². The molecular formula is C57H103N9O26. The second kappa shape index (κ2) is 46.2. The van der Waals surface area contributed by atoms with Gasteiger partial charge in [0, 0.05) is 59.7 Å². The maximum absolute atomic E-state index is 13.7. The summed E-state index contributed by atoms with van der Waals surface area (Å²) < 4.78 is 50.3. The lowest BCUT2D eigenvalue weighted by Gasteiger charge is -2.42. The van der Waals surface area contributed by atoms with Crippen molar-refractivity contribution in [2.24, 2.45) is 0 Å². The number of carbonyl (C=O) groups is 8. The number of carbonyl (C=O) groups excluding carboxylic acids is 8. The van der Waals surface area contributed by atoms with Crippen LogP contribution in [-0.2, 0) is 81.0 Å². The van der Waals surface area contributed by atoms with Gasteiger partial charge >= 0.3 is 0 Å². The van der Waals surface area contributed by atoms with Gasteiger partial charge in [0.1, 0.15) is 85.1 Å². The van der Waals surface area contributed by atoms with E-state index < -0.39 is 171 Å². The highest BCUT2D eigenvalue weighted by Crippen LogP contribution is 2.25. The number of ether oxygens (including phenoxy) is 9. The van der Waals surface area contributed by atoms with E-state index in [-0.39, 0.29) is 111 Å². The monoisotopic (exact) mass is 1330 g/mol. The SMILES string of the molecule is CNCCCCCCCCCC(=O)NC(CCC(=O)NC(CCC(=O)NCCOCCOC1OC(CO)C(O)C(O)C1NC(C)=O)C(=O)NCCOCCOC1OC(CO)C(O)C(O)C1NC(C)=O)C(=O)NCCOCCOC1O[C@H](CO)C(O)C(O)C1NC(C)=O. The Balaban J connectivity index is 1.61. The van der Waals surface area contributed by atoms with E-state index in [1.807, 2.05) is 7.05 Å². The molecule has 3 saturated heterocycles. The Hall–Kier alpha value is -5.00. The Morgan fingerprint density at radius 2 is 0.717 bits per heavy atom. The van der Waals surface area contributed by atoms with Crippen LogP contribution in [0.15, 0.2) is 0 Å². The van der Waals surface area contributed by atoms with Crippen LogP contribution in [0.1, 0.15) is 97.8 Å². The predicted octanol–water partition coefficient (Wildman–Crippen LogP) is -7.86. The number of aliphatic hydroxyl groups excluding tert-OH is 9. The van der Waals surface area contributed by atoms with Crippen LogP contribution in [0, 0.1) is 0 Å². The van der Waals surface area contributed by atoms with Crippen LogP contribution in [0.3, 0.4) is 0 Å². The molecule has 0 saturated carbocycles. The molecule has 3 aliphatic heterocycles. The minimum Gasteiger partial charge on any atom is -0.394 e. The average molecular weight is 1330 g/mol. The van der Waals surface area contributed by atoms with Crippen molar-refractivity contribution in [3.05, 3.63) is 0 Å². The third-order valence-electron chi connectivity index (χ3n) is 14.9. The molecule has 18 N–H and O–H groups in total. The van der Waals surface area contributed by atoms with Gasteiger partial charge in [0.15, 0.2) is 18.9 Å². The van der Waals surface area contributed by atoms with E-state index in [2.05, 4.69) is 47.9 Å². The number of aliphatic hydroxyl groups is 9. The first-order valence-electron chi connectivity index (χ1n) is 31.4. The van der Waals surface area contributed by atoms with Crippen LogP contribution in [0.25, 0.3) is 0 Å². The lowest BCUT2D eigenvalue weighted by Crippen LogP contribution is -2.64. The molecule has 3 rings (SSSR count). The summed E-state index contributed by atoms with van der Waals surface area (Å²) in [7, 11) is 1.90. The summed E-state index contributed by atoms with van der Waals surface area (Å²) in [6.45, 7) is 1.65. The smallest absolute Gasteiger partial charge is 0.242 e. The minimum atomic E-state index is -1.53. The van der Waals surface area contributed by atoms with Gasteiger partial charge < -0.3 is 136 Å². The van der Waals surface area contributed by atoms with Gasteiger partial charge in [-0.25, -0.2) is 0 Å². The molecule has 0 radical (unpaired) electrons. The number of hydrogen-bond donors (Lipinski definition) is 18. The molecule has 0 aliphatic carbocycles. The van der Waals surface area contributed by atoms with Crippen LogP contribution < -0.4 is 47.9 Å². The number of nitrogens with one attached hydrogen (secondary N) is 9. The molecule has 16 unspecified atom stereocenters. The Kier molecular flexibility index (Phi) is 40.8. The van der Waals surface area contributed by atoms with Gasteiger partial charge in [-0.1, -0.05) is 32.1 Å². The Bertz CT molecular complexity index is 2170. The third kappa shape index (κ3) is 30.6. The van der Waals surface area contributed by atoms with E-state index in [9.17, 15) is 84.3 Å². The fourth-order valence-corrected chi connectivity index (χ4v) is 10.00. The topological polar surface area (TPSA) is 510 Å². The molecule has 532 valence electrons. The largest absolute Gasteiger partial charge is 0.394 e. The van der Waals surface area contributed by atoms with Crippen molar-refractivity contribution in [2.45, 2.75) is 202 Å². The van der Waals surface area contributed by atoms with E-state index in [0.717, 1.165) is 45.1 Å². The molecule has 35 nitrogen and oxygen atoms in total. The van der Waals surface area contributed by atoms with Crippen molar-refractivity contribution < 1.29 is 127 Å². The van der Waals surface area contributed by atoms with Crippen molar-refractivity contribution >= 4 is 47.3 Å². The summed E-state index contributed by atoms with van der Waals surface area (Å²) in [6, 6.07) is -6.04. The first-order valence-corrected chi connectivity index (χ1v) is 31.4. The zero-order valence-corrected chi connectivity index (χ0v) is 53.1. The lowest BCUT2D eigenvalue weighted by atomic mass is 9.97. The maximum Gasteiger partial charge on any atom is 0.242 e. The first kappa shape index (κ1) is 81.2. The van der Waals surface area contributed by atoms with Crippen molar-refractivity contribution in [1.29, 1.82) is 0 Å². The maximum atomic E-state index is 13.7. The zero-order chi connectivity index (χ0) is 68.0. The Morgan fingerprint density at radius 1 is 0.391 bits per heavy atom. The van der Waals surface area contributed by atoms with E-state index in [1.54, 1.807) is 0 Å². The summed E-state index contributed by atoms with van der Waals surface area (Å²) in [5.41, 5.74) is 0. The minimum absolute atomic E-state index is 0.00465. The Morgan fingerprint density at radius 3 is 1.07 bits per heavy atom. The lowest BCUT2D eigenvalue weighted by molar-refractivity contribution is -0.272. The van der Waals surface area contributed by atoms with Crippen LogP contribution in [0.5, 0.6) is 0 Å². The third-order valence-corrected chi connectivity index (χ3v) is 14.9. The number of rotatable bonds is 47. The molecule has 0 spiro atoms. The van der Waals surface area contributed by atoms with Crippen molar-refractivity contribution in [3.63, 3.8) is 0 Å². The normalized spacial score (nSPS) is 27.0. The summed E-state index contributed by atoms with van der Waals surface area (Å²) in [4.78, 5) is 103. The predicted molar refractivity (Wildman–Crippen MR) is 319 cm³/mol. The molecule has 92 heavy (non-hydrogen) atoms. The van der Waals surface area contributed by atoms with Gasteiger partial charge in [0.05, 0.1) is 79.3 Å². The fourth-order valence-electron chi connectivity index (χ4n) is 10.00. The van der Waals surface area contributed by atoms with Gasteiger partial charge in [0.25, 0.3) is 0 Å². The number of unbranched alkanes of at least 4 members (excludes halogenated alkanes) is 6. The summed E-state index contributed by atoms with van der Waals surface area (Å²) in [6.07, 6.45) is -10.9. The number of amides is 8. The summed E-state index contributed by atoms with van der Waals surface area (Å²) in [5.74, 6) is -4.63. The molecule has 3 heterocycles. The van der Waals surface area contributed by atoms with Crippen LogP contribution in [0.2, 0.25) is 0 Å². The van der Waals surface area contributed by atoms with Gasteiger partial charge in [-0.2, -0.15) is 0 Å². The Labute approximate surface area is 535 Å². The van der Waals surface area contributed by atoms with E-state index in [4.69, 9.17) is 42.6 Å². The van der Waals surface area contributed by atoms with E-state index in [1.165, 1.54) is 20.8 Å². The van der Waals surface area contributed by atoms with Crippen LogP contribution >= 0.6 is 0 Å². The molecule has 0 aromatic heterocycles. The second-order valence-corrected chi connectivity index (χ2v) is 22.3. The molecule has 0 aromatic carbocycles. The highest BCUT2D eigenvalue weighted by atomic mass is 16.7. The highest BCUT2D eigenvalue weighted by Gasteiger charge is 2.48. The molecule has 3 aliphatic rings. The van der Waals surface area contributed by atoms with E-state index in [0.29, 0.717) is 6.42 Å². The summed E-state index contributed by atoms with van der Waals surface area (Å²) >= 11 is 0. The quantitative estimate of drug-likeness (QED) is 0.0252. The number of hydrogen-bond acceptors (Lipinski definition) is 27. The van der Waals surface area contributed by atoms with Crippen LogP contribution in [-0.4, -0.2) is 310 Å². The zero-order valence-electron chi connectivity index (χ0n) is 53.1. The first-order chi connectivity index (χ1) is 44.1. The average Bonchev–Trinajstić information content (AvgIpc) is 0.851. The van der Waals surface area contributed by atoms with Gasteiger partial charge in [0.2, 0.25) is 47.3 Å². The fraction of sp³-hybridized carbons (Fsp3) is 0.860. The molecule has 3 fully saturated rings. The van der Waals surface area contributed by atoms with Gasteiger partial charge in [-0.05, 0) is 39.3 Å². The molecule has 0 aromatic rings. The summed E-state index contributed by atoms with van der Waals surface area (Å²) in [5, 5.41) is 115. The molecule has 35 heteroatoms. The van der Waals surface area contributed by atoms with Crippen molar-refractivity contribution in [1.82, 2.24) is 47.9 Å². The molecule has 17 atom stereocenters. The van der Waals surface area contributed by atoms with Crippen molar-refractivity contribution in [3.8, 4) is 0 Å². The molecule has 0 bridgehead atoms.